The van der Waals surface area contributed by atoms with E-state index in [1.807, 2.05) is 41.4 Å². The summed E-state index contributed by atoms with van der Waals surface area (Å²) < 4.78 is 13.3. The van der Waals surface area contributed by atoms with Crippen LogP contribution in [0.5, 0.6) is 0 Å². The summed E-state index contributed by atoms with van der Waals surface area (Å²) in [5, 5.41) is 5.91. The number of piperidine rings is 1. The molecule has 0 radical (unpaired) electrons. The number of hydrogen-bond donors (Lipinski definition) is 1. The number of likely N-dealkylation sites (tertiary alicyclic amines) is 1. The van der Waals surface area contributed by atoms with Crippen molar-refractivity contribution in [3.8, 4) is 11.1 Å². The highest BCUT2D eigenvalue weighted by Gasteiger charge is 2.24. The van der Waals surface area contributed by atoms with Gasteiger partial charge in [0.15, 0.2) is 0 Å². The maximum Gasteiger partial charge on any atom is 0.275 e. The predicted molar refractivity (Wildman–Crippen MR) is 133 cm³/mol. The molecule has 0 atom stereocenters. The van der Waals surface area contributed by atoms with E-state index in [-0.39, 0.29) is 11.7 Å². The Bertz CT molecular complexity index is 1030. The Morgan fingerprint density at radius 3 is 2.69 bits per heavy atom. The molecule has 1 aliphatic heterocycles. The van der Waals surface area contributed by atoms with E-state index in [9.17, 15) is 9.18 Å². The van der Waals surface area contributed by atoms with Crippen LogP contribution in [-0.4, -0.2) is 47.4 Å². The number of carbonyl (C=O) groups excluding carboxylic acids is 1. The zero-order chi connectivity index (χ0) is 22.3. The molecule has 1 fully saturated rings. The monoisotopic (exact) mass is 469 g/mol. The fourth-order valence-corrected chi connectivity index (χ4v) is 5.46. The quantitative estimate of drug-likeness (QED) is 0.403. The molecule has 32 heavy (non-hydrogen) atoms. The van der Waals surface area contributed by atoms with Crippen LogP contribution in [0.3, 0.4) is 0 Å². The van der Waals surface area contributed by atoms with Crippen LogP contribution in [-0.2, 0) is 0 Å². The highest BCUT2D eigenvalue weighted by molar-refractivity contribution is 7.98. The zero-order valence-electron chi connectivity index (χ0n) is 18.2. The number of aromatic nitrogens is 1. The Morgan fingerprint density at radius 2 is 1.94 bits per heavy atom. The van der Waals surface area contributed by atoms with Crippen LogP contribution >= 0.6 is 23.1 Å². The molecule has 0 unspecified atom stereocenters. The van der Waals surface area contributed by atoms with Gasteiger partial charge < -0.3 is 10.2 Å². The van der Waals surface area contributed by atoms with Gasteiger partial charge in [-0.15, -0.1) is 11.3 Å². The first-order valence-corrected chi connectivity index (χ1v) is 13.2. The van der Waals surface area contributed by atoms with Gasteiger partial charge in [-0.3, -0.25) is 4.79 Å². The van der Waals surface area contributed by atoms with Gasteiger partial charge in [0.25, 0.3) is 5.91 Å². The van der Waals surface area contributed by atoms with Gasteiger partial charge in [-0.1, -0.05) is 30.3 Å². The molecule has 0 spiro atoms. The number of thioether (sulfide) groups is 1. The van der Waals surface area contributed by atoms with Gasteiger partial charge in [-0.05, 0) is 74.7 Å². The van der Waals surface area contributed by atoms with Gasteiger partial charge in [0.2, 0.25) is 0 Å². The van der Waals surface area contributed by atoms with Gasteiger partial charge in [-0.2, -0.15) is 11.8 Å². The average Bonchev–Trinajstić information content (AvgIpc) is 3.31. The first-order chi connectivity index (χ1) is 15.6. The molecule has 2 heterocycles. The zero-order valence-corrected chi connectivity index (χ0v) is 19.9. The van der Waals surface area contributed by atoms with Crippen molar-refractivity contribution in [3.63, 3.8) is 0 Å². The summed E-state index contributed by atoms with van der Waals surface area (Å²) in [5.41, 5.74) is 2.86. The van der Waals surface area contributed by atoms with Crippen molar-refractivity contribution in [1.29, 1.82) is 0 Å². The van der Waals surface area contributed by atoms with Crippen LogP contribution in [0.1, 0.15) is 40.7 Å². The molecule has 3 aromatic rings. The maximum atomic E-state index is 13.3. The van der Waals surface area contributed by atoms with Crippen molar-refractivity contribution in [2.75, 3.05) is 37.0 Å². The fraction of sp³-hybridized carbons (Fsp3) is 0.360. The number of anilines is 1. The first kappa shape index (κ1) is 23.0. The van der Waals surface area contributed by atoms with Crippen molar-refractivity contribution in [2.24, 2.45) is 0 Å². The summed E-state index contributed by atoms with van der Waals surface area (Å²) in [5.74, 6) is 1.16. The van der Waals surface area contributed by atoms with Gasteiger partial charge in [0, 0.05) is 22.5 Å². The van der Waals surface area contributed by atoms with Crippen LogP contribution in [0.2, 0.25) is 0 Å². The molecule has 1 aromatic heterocycles. The minimum Gasteiger partial charge on any atom is -0.320 e. The Balaban J connectivity index is 1.39. The minimum absolute atomic E-state index is 0.212. The fourth-order valence-electron chi connectivity index (χ4n) is 4.08. The largest absolute Gasteiger partial charge is 0.320 e. The molecule has 0 saturated carbocycles. The maximum absolute atomic E-state index is 13.3. The lowest BCUT2D eigenvalue weighted by atomic mass is 9.97. The Hall–Kier alpha value is -2.22. The number of para-hydroxylation sites is 1. The smallest absolute Gasteiger partial charge is 0.275 e. The second-order valence-corrected chi connectivity index (χ2v) is 9.92. The highest BCUT2D eigenvalue weighted by atomic mass is 32.2. The second kappa shape index (κ2) is 11.1. The van der Waals surface area contributed by atoms with Crippen molar-refractivity contribution >= 4 is 34.7 Å². The molecule has 4 rings (SSSR count). The van der Waals surface area contributed by atoms with Crippen LogP contribution < -0.4 is 5.32 Å². The van der Waals surface area contributed by atoms with Gasteiger partial charge in [-0.25, -0.2) is 9.37 Å². The van der Waals surface area contributed by atoms with Gasteiger partial charge in [0.1, 0.15) is 11.5 Å². The van der Waals surface area contributed by atoms with E-state index in [1.165, 1.54) is 30.9 Å². The molecule has 4 nitrogen and oxygen atoms in total. The van der Waals surface area contributed by atoms with E-state index in [1.54, 1.807) is 23.5 Å². The Labute approximate surface area is 197 Å². The molecule has 1 amide bonds. The molecular formula is C25H28FN3OS2. The summed E-state index contributed by atoms with van der Waals surface area (Å²) in [7, 11) is 0. The molecule has 2 aromatic carbocycles. The van der Waals surface area contributed by atoms with Gasteiger partial charge >= 0.3 is 0 Å². The molecular weight excluding hydrogens is 441 g/mol. The average molecular weight is 470 g/mol. The molecule has 1 saturated heterocycles. The number of carbonyl (C=O) groups is 1. The van der Waals surface area contributed by atoms with Gasteiger partial charge in [0.05, 0.1) is 5.01 Å². The standard InChI is InChI=1S/C25H28FN3OS2/c1-31-16-4-13-29-14-11-19(12-15-29)25-28-23(17-32-25)24(30)27-22-6-3-2-5-21(22)18-7-9-20(26)10-8-18/h2-3,5-10,17,19H,4,11-16H2,1H3,(H,27,30). The molecule has 168 valence electrons. The number of nitrogens with zero attached hydrogens (tertiary/aromatic N) is 2. The van der Waals surface area contributed by atoms with Crippen molar-refractivity contribution in [2.45, 2.75) is 25.2 Å². The number of hydrogen-bond acceptors (Lipinski definition) is 5. The number of thiazole rings is 1. The van der Waals surface area contributed by atoms with Crippen LogP contribution in [0, 0.1) is 5.82 Å². The van der Waals surface area contributed by atoms with E-state index < -0.39 is 0 Å². The van der Waals surface area contributed by atoms with Crippen LogP contribution in [0.15, 0.2) is 53.9 Å². The SMILES string of the molecule is CSCCCN1CCC(c2nc(C(=O)Nc3ccccc3-c3ccc(F)cc3)cs2)CC1. The van der Waals surface area contributed by atoms with Crippen molar-refractivity contribution in [3.05, 3.63) is 70.4 Å². The minimum atomic E-state index is -0.281. The van der Waals surface area contributed by atoms with E-state index in [0.717, 1.165) is 42.1 Å². The number of halogens is 1. The van der Waals surface area contributed by atoms with Crippen molar-refractivity contribution in [1.82, 2.24) is 9.88 Å². The predicted octanol–water partition coefficient (Wildman–Crippen LogP) is 6.13. The van der Waals surface area contributed by atoms with Crippen LogP contribution in [0.25, 0.3) is 11.1 Å². The first-order valence-electron chi connectivity index (χ1n) is 11.0. The summed E-state index contributed by atoms with van der Waals surface area (Å²) in [6.07, 6.45) is 5.60. The summed E-state index contributed by atoms with van der Waals surface area (Å²) >= 11 is 3.49. The number of amides is 1. The van der Waals surface area contributed by atoms with E-state index in [2.05, 4.69) is 21.5 Å². The van der Waals surface area contributed by atoms with Crippen LogP contribution in [0.4, 0.5) is 10.1 Å². The lowest BCUT2D eigenvalue weighted by molar-refractivity contribution is 0.102. The van der Waals surface area contributed by atoms with E-state index in [4.69, 9.17) is 0 Å². The summed E-state index contributed by atoms with van der Waals surface area (Å²) in [4.78, 5) is 20.1. The molecule has 0 aliphatic carbocycles. The molecule has 0 bridgehead atoms. The van der Waals surface area contributed by atoms with Crippen molar-refractivity contribution < 1.29 is 9.18 Å². The summed E-state index contributed by atoms with van der Waals surface area (Å²) in [6, 6.07) is 13.8. The lowest BCUT2D eigenvalue weighted by Gasteiger charge is -2.30. The topological polar surface area (TPSA) is 45.2 Å². The third kappa shape index (κ3) is 5.77. The lowest BCUT2D eigenvalue weighted by Crippen LogP contribution is -2.33. The normalized spacial score (nSPS) is 15.1. The number of rotatable bonds is 8. The molecule has 7 heteroatoms. The Morgan fingerprint density at radius 1 is 1.19 bits per heavy atom. The third-order valence-corrected chi connectivity index (χ3v) is 7.55. The second-order valence-electron chi connectivity index (χ2n) is 8.04. The third-order valence-electron chi connectivity index (χ3n) is 5.84. The van der Waals surface area contributed by atoms with E-state index >= 15 is 0 Å². The molecule has 1 aliphatic rings. The van der Waals surface area contributed by atoms with E-state index in [0.29, 0.717) is 17.3 Å². The number of nitrogens with one attached hydrogen (secondary N) is 1. The summed E-state index contributed by atoms with van der Waals surface area (Å²) in [6.45, 7) is 3.38. The molecule has 1 N–H and O–H groups in total. The highest BCUT2D eigenvalue weighted by Crippen LogP contribution is 2.32. The number of benzene rings is 2. The Kier molecular flexibility index (Phi) is 7.95.